The largest absolute Gasteiger partial charge is 0.383 e. The summed E-state index contributed by atoms with van der Waals surface area (Å²) >= 11 is 1.59. The molecule has 0 fully saturated rings. The zero-order valence-electron chi connectivity index (χ0n) is 9.60. The Labute approximate surface area is 102 Å². The van der Waals surface area contributed by atoms with Crippen molar-refractivity contribution in [3.05, 3.63) is 43.6 Å². The van der Waals surface area contributed by atoms with Crippen molar-refractivity contribution in [1.82, 2.24) is 9.55 Å². The van der Waals surface area contributed by atoms with E-state index >= 15 is 0 Å². The third-order valence-electron chi connectivity index (χ3n) is 2.43. The summed E-state index contributed by atoms with van der Waals surface area (Å²) in [6.45, 7) is 4.83. The maximum atomic E-state index is 12.0. The van der Waals surface area contributed by atoms with Crippen molar-refractivity contribution in [2.45, 2.75) is 6.54 Å². The monoisotopic (exact) mass is 250 g/mol. The van der Waals surface area contributed by atoms with E-state index in [2.05, 4.69) is 11.6 Å². The molecule has 0 aliphatic carbocycles. The van der Waals surface area contributed by atoms with Gasteiger partial charge in [-0.3, -0.25) is 9.36 Å². The lowest BCUT2D eigenvalue weighted by Crippen LogP contribution is -2.32. The fourth-order valence-electron chi connectivity index (χ4n) is 1.58. The lowest BCUT2D eigenvalue weighted by molar-refractivity contribution is 0.185. The van der Waals surface area contributed by atoms with Crippen LogP contribution >= 0.6 is 11.3 Å². The molecule has 0 saturated heterocycles. The Hall–Kier alpha value is -1.59. The first-order chi connectivity index (χ1) is 8.22. The number of rotatable bonds is 4. The fourth-order valence-corrected chi connectivity index (χ4v) is 2.23. The van der Waals surface area contributed by atoms with Gasteiger partial charge in [0.05, 0.1) is 13.2 Å². The number of H-pyrrole nitrogens is 1. The molecule has 0 atom stereocenters. The first kappa shape index (κ1) is 11.9. The van der Waals surface area contributed by atoms with Crippen molar-refractivity contribution in [3.63, 3.8) is 0 Å². The van der Waals surface area contributed by atoms with Gasteiger partial charge < -0.3 is 9.72 Å². The topological polar surface area (TPSA) is 47.0 Å². The maximum absolute atomic E-state index is 12.0. The van der Waals surface area contributed by atoms with Gasteiger partial charge in [0.15, 0.2) is 0 Å². The number of nitrogens with one attached hydrogen (secondary N) is 1. The quantitative estimate of drug-likeness (QED) is 0.838. The minimum atomic E-state index is -0.0551. The number of aromatic amines is 1. The molecule has 0 amide bonds. The van der Waals surface area contributed by atoms with Gasteiger partial charge in [-0.2, -0.15) is 0 Å². The molecular weight excluding hydrogens is 236 g/mol. The zero-order valence-corrected chi connectivity index (χ0v) is 10.4. The maximum Gasteiger partial charge on any atom is 0.275 e. The summed E-state index contributed by atoms with van der Waals surface area (Å²) in [7, 11) is 1.61. The number of thiophene rings is 1. The lowest BCUT2D eigenvalue weighted by Gasteiger charge is -1.98. The Morgan fingerprint density at radius 1 is 1.65 bits per heavy atom. The Kier molecular flexibility index (Phi) is 3.61. The van der Waals surface area contributed by atoms with Crippen LogP contribution in [0.15, 0.2) is 22.3 Å². The third kappa shape index (κ3) is 2.57. The van der Waals surface area contributed by atoms with Crippen LogP contribution in [-0.4, -0.2) is 23.3 Å². The highest BCUT2D eigenvalue weighted by molar-refractivity contribution is 7.10. The molecule has 0 saturated carbocycles. The predicted molar refractivity (Wildman–Crippen MR) is 69.6 cm³/mol. The molecule has 1 N–H and O–H groups in total. The summed E-state index contributed by atoms with van der Waals surface area (Å²) in [5.41, 5.74) is 0.551. The average molecular weight is 250 g/mol. The van der Waals surface area contributed by atoms with Gasteiger partial charge in [-0.05, 0) is 17.5 Å². The molecule has 0 bridgehead atoms. The first-order valence-electron chi connectivity index (χ1n) is 5.24. The van der Waals surface area contributed by atoms with E-state index in [-0.39, 0.29) is 5.56 Å². The Morgan fingerprint density at radius 2 is 2.47 bits per heavy atom. The molecule has 2 rings (SSSR count). The summed E-state index contributed by atoms with van der Waals surface area (Å²) in [6.07, 6.45) is 1.84. The second-order valence-electron chi connectivity index (χ2n) is 3.59. The molecule has 2 aromatic rings. The van der Waals surface area contributed by atoms with Crippen molar-refractivity contribution >= 4 is 24.0 Å². The SMILES string of the molecule is C=c1[nH]/c(=C\c2cccs2)c(=O)n1CCOC. The molecule has 0 aromatic carbocycles. The highest BCUT2D eigenvalue weighted by atomic mass is 32.1. The summed E-state index contributed by atoms with van der Waals surface area (Å²) in [4.78, 5) is 16.1. The molecule has 90 valence electrons. The second-order valence-corrected chi connectivity index (χ2v) is 4.57. The van der Waals surface area contributed by atoms with Crippen LogP contribution in [0.2, 0.25) is 0 Å². The van der Waals surface area contributed by atoms with Crippen LogP contribution in [0.4, 0.5) is 0 Å². The van der Waals surface area contributed by atoms with E-state index in [9.17, 15) is 4.79 Å². The summed E-state index contributed by atoms with van der Waals surface area (Å²) < 4.78 is 6.55. The average Bonchev–Trinajstić information content (AvgIpc) is 2.89. The number of ether oxygens (including phenoxy) is 1. The highest BCUT2D eigenvalue weighted by Crippen LogP contribution is 2.07. The van der Waals surface area contributed by atoms with Crippen LogP contribution in [0.3, 0.4) is 0 Å². The van der Waals surface area contributed by atoms with Gasteiger partial charge >= 0.3 is 0 Å². The van der Waals surface area contributed by atoms with Crippen molar-refractivity contribution in [3.8, 4) is 0 Å². The van der Waals surface area contributed by atoms with Crippen LogP contribution in [-0.2, 0) is 11.3 Å². The van der Waals surface area contributed by atoms with E-state index in [4.69, 9.17) is 4.74 Å². The normalized spacial score (nSPS) is 12.2. The number of imidazole rings is 1. The van der Waals surface area contributed by atoms with Gasteiger partial charge in [0.1, 0.15) is 10.8 Å². The van der Waals surface area contributed by atoms with Gasteiger partial charge in [-0.1, -0.05) is 12.6 Å². The van der Waals surface area contributed by atoms with Gasteiger partial charge in [0, 0.05) is 12.0 Å². The van der Waals surface area contributed by atoms with Crippen LogP contribution < -0.4 is 16.4 Å². The molecule has 0 aliphatic heterocycles. The second kappa shape index (κ2) is 5.16. The van der Waals surface area contributed by atoms with E-state index in [0.29, 0.717) is 24.0 Å². The van der Waals surface area contributed by atoms with Crippen molar-refractivity contribution in [2.24, 2.45) is 0 Å². The van der Waals surface area contributed by atoms with Gasteiger partial charge in [-0.15, -0.1) is 11.3 Å². The molecule has 0 spiro atoms. The molecule has 0 aliphatic rings. The van der Waals surface area contributed by atoms with E-state index in [1.807, 2.05) is 23.6 Å². The molecule has 2 aromatic heterocycles. The number of hydrogen-bond acceptors (Lipinski definition) is 3. The number of aromatic nitrogens is 2. The standard InChI is InChI=1S/C12H14N2O2S/c1-9-13-11(8-10-4-3-7-17-10)12(15)14(9)5-6-16-2/h3-4,7-8,13H,1,5-6H2,2H3/b11-8-. The Balaban J connectivity index is 2.44. The summed E-state index contributed by atoms with van der Waals surface area (Å²) in [5.74, 6) is 0. The lowest BCUT2D eigenvalue weighted by atomic mass is 10.4. The highest BCUT2D eigenvalue weighted by Gasteiger charge is 2.01. The Bertz CT molecular complexity index is 637. The minimum absolute atomic E-state index is 0.0551. The molecule has 17 heavy (non-hydrogen) atoms. The molecule has 0 radical (unpaired) electrons. The number of methoxy groups -OCH3 is 1. The number of nitrogens with zero attached hydrogens (tertiary/aromatic N) is 1. The summed E-state index contributed by atoms with van der Waals surface area (Å²) in [5, 5.41) is 2.54. The zero-order chi connectivity index (χ0) is 12.3. The molecule has 4 nitrogen and oxygen atoms in total. The molecule has 2 heterocycles. The molecule has 5 heteroatoms. The van der Waals surface area contributed by atoms with Gasteiger partial charge in [-0.25, -0.2) is 0 Å². The molecule has 0 unspecified atom stereocenters. The smallest absolute Gasteiger partial charge is 0.275 e. The predicted octanol–water partition coefficient (Wildman–Crippen LogP) is 0.123. The van der Waals surface area contributed by atoms with E-state index in [1.165, 1.54) is 0 Å². The van der Waals surface area contributed by atoms with E-state index in [0.717, 1.165) is 4.88 Å². The van der Waals surface area contributed by atoms with Crippen LogP contribution in [0.1, 0.15) is 4.88 Å². The fraction of sp³-hybridized carbons (Fsp3) is 0.250. The van der Waals surface area contributed by atoms with Crippen molar-refractivity contribution in [2.75, 3.05) is 13.7 Å². The van der Waals surface area contributed by atoms with E-state index < -0.39 is 0 Å². The van der Waals surface area contributed by atoms with Crippen LogP contribution in [0.5, 0.6) is 0 Å². The Morgan fingerprint density at radius 3 is 3.12 bits per heavy atom. The van der Waals surface area contributed by atoms with Crippen molar-refractivity contribution < 1.29 is 4.74 Å². The van der Waals surface area contributed by atoms with Crippen molar-refractivity contribution in [1.29, 1.82) is 0 Å². The first-order valence-corrected chi connectivity index (χ1v) is 6.12. The van der Waals surface area contributed by atoms with Gasteiger partial charge in [0.25, 0.3) is 5.56 Å². The third-order valence-corrected chi connectivity index (χ3v) is 3.25. The molecular formula is C12H14N2O2S. The van der Waals surface area contributed by atoms with E-state index in [1.54, 1.807) is 23.0 Å². The minimum Gasteiger partial charge on any atom is -0.383 e. The number of hydrogen-bond donors (Lipinski definition) is 1. The van der Waals surface area contributed by atoms with Gasteiger partial charge in [0.2, 0.25) is 0 Å². The van der Waals surface area contributed by atoms with Crippen LogP contribution in [0, 0.1) is 0 Å². The van der Waals surface area contributed by atoms with Crippen LogP contribution in [0.25, 0.3) is 12.7 Å². The summed E-state index contributed by atoms with van der Waals surface area (Å²) in [6, 6.07) is 3.92.